The molecule has 0 bridgehead atoms. The summed E-state index contributed by atoms with van der Waals surface area (Å²) in [5, 5.41) is 7.54. The number of amides is 3. The van der Waals surface area contributed by atoms with Crippen molar-refractivity contribution in [2.75, 3.05) is 44.6 Å². The van der Waals surface area contributed by atoms with E-state index < -0.39 is 0 Å². The fourth-order valence-corrected chi connectivity index (χ4v) is 4.17. The zero-order chi connectivity index (χ0) is 21.5. The molecule has 160 valence electrons. The van der Waals surface area contributed by atoms with Crippen LogP contribution in [-0.2, 0) is 9.59 Å². The zero-order valence-corrected chi connectivity index (χ0v) is 18.3. The van der Waals surface area contributed by atoms with Gasteiger partial charge < -0.3 is 15.5 Å². The van der Waals surface area contributed by atoms with Crippen molar-refractivity contribution in [2.24, 2.45) is 0 Å². The summed E-state index contributed by atoms with van der Waals surface area (Å²) in [6.45, 7) is 6.81. The highest BCUT2D eigenvalue weighted by Gasteiger charge is 2.21. The Labute approximate surface area is 181 Å². The highest BCUT2D eigenvalue weighted by molar-refractivity contribution is 7.12. The van der Waals surface area contributed by atoms with Crippen molar-refractivity contribution in [3.05, 3.63) is 51.7 Å². The Bertz CT molecular complexity index is 878. The molecule has 7 nitrogen and oxygen atoms in total. The Kier molecular flexibility index (Phi) is 7.59. The van der Waals surface area contributed by atoms with Gasteiger partial charge in [-0.25, -0.2) is 0 Å². The lowest BCUT2D eigenvalue weighted by Crippen LogP contribution is -2.42. The molecule has 3 amide bonds. The lowest BCUT2D eigenvalue weighted by molar-refractivity contribution is -0.129. The molecule has 2 N–H and O–H groups in total. The van der Waals surface area contributed by atoms with E-state index in [1.54, 1.807) is 17.0 Å². The molecule has 1 aliphatic heterocycles. The first-order chi connectivity index (χ1) is 14.4. The van der Waals surface area contributed by atoms with E-state index in [-0.39, 0.29) is 24.3 Å². The highest BCUT2D eigenvalue weighted by Crippen LogP contribution is 2.19. The van der Waals surface area contributed by atoms with Crippen LogP contribution in [0.25, 0.3) is 0 Å². The maximum atomic E-state index is 12.5. The number of rotatable bonds is 6. The largest absolute Gasteiger partial charge is 0.342 e. The Morgan fingerprint density at radius 2 is 1.77 bits per heavy atom. The van der Waals surface area contributed by atoms with E-state index in [0.29, 0.717) is 31.1 Å². The van der Waals surface area contributed by atoms with Gasteiger partial charge in [0.2, 0.25) is 11.8 Å². The molecule has 0 radical (unpaired) electrons. The third kappa shape index (κ3) is 5.90. The first-order valence-electron chi connectivity index (χ1n) is 10.1. The van der Waals surface area contributed by atoms with Crippen LogP contribution in [-0.4, -0.2) is 66.8 Å². The molecule has 1 aliphatic rings. The average molecular weight is 429 g/mol. The number of para-hydroxylation sites is 1. The van der Waals surface area contributed by atoms with Gasteiger partial charge in [0, 0.05) is 31.9 Å². The van der Waals surface area contributed by atoms with Crippen LogP contribution >= 0.6 is 11.3 Å². The first-order valence-corrected chi connectivity index (χ1v) is 11.0. The summed E-state index contributed by atoms with van der Waals surface area (Å²) in [6.07, 6.45) is 0.793. The topological polar surface area (TPSA) is 81.8 Å². The standard InChI is InChI=1S/C22H28N4O3S/c1-16-6-3-7-17(2)21(16)24-19(27)15-25-9-5-10-26(12-11-25)20(28)14-23-22(29)18-8-4-13-30-18/h3-4,6-8,13H,5,9-12,14-15H2,1-2H3,(H,23,29)(H,24,27). The van der Waals surface area contributed by atoms with Gasteiger partial charge in [0.15, 0.2) is 0 Å². The molecule has 1 aromatic heterocycles. The summed E-state index contributed by atoms with van der Waals surface area (Å²) in [5.74, 6) is -0.366. The van der Waals surface area contributed by atoms with Gasteiger partial charge in [0.1, 0.15) is 0 Å². The molecule has 0 atom stereocenters. The van der Waals surface area contributed by atoms with Gasteiger partial charge >= 0.3 is 0 Å². The van der Waals surface area contributed by atoms with Crippen LogP contribution in [0.2, 0.25) is 0 Å². The Morgan fingerprint density at radius 3 is 2.47 bits per heavy atom. The number of benzene rings is 1. The molecule has 3 rings (SSSR count). The number of carbonyl (C=O) groups excluding carboxylic acids is 3. The van der Waals surface area contributed by atoms with Crippen LogP contribution in [0.4, 0.5) is 5.69 Å². The van der Waals surface area contributed by atoms with Crippen molar-refractivity contribution >= 4 is 34.7 Å². The maximum absolute atomic E-state index is 12.5. The minimum Gasteiger partial charge on any atom is -0.342 e. The monoisotopic (exact) mass is 428 g/mol. The number of thiophene rings is 1. The van der Waals surface area contributed by atoms with E-state index in [1.165, 1.54) is 11.3 Å². The molecule has 30 heavy (non-hydrogen) atoms. The van der Waals surface area contributed by atoms with Crippen molar-refractivity contribution in [1.29, 1.82) is 0 Å². The van der Waals surface area contributed by atoms with Crippen LogP contribution in [0.5, 0.6) is 0 Å². The van der Waals surface area contributed by atoms with Crippen LogP contribution < -0.4 is 10.6 Å². The molecule has 1 fully saturated rings. The van der Waals surface area contributed by atoms with E-state index in [1.807, 2.05) is 37.4 Å². The molecular formula is C22H28N4O3S. The second-order valence-corrected chi connectivity index (χ2v) is 8.43. The molecule has 2 aromatic rings. The molecule has 0 saturated carbocycles. The summed E-state index contributed by atoms with van der Waals surface area (Å²) < 4.78 is 0. The van der Waals surface area contributed by atoms with E-state index in [9.17, 15) is 14.4 Å². The SMILES string of the molecule is Cc1cccc(C)c1NC(=O)CN1CCCN(C(=O)CNC(=O)c2cccs2)CC1. The number of aryl methyl sites for hydroxylation is 2. The molecule has 2 heterocycles. The number of hydrogen-bond acceptors (Lipinski definition) is 5. The van der Waals surface area contributed by atoms with E-state index in [4.69, 9.17) is 0 Å². The van der Waals surface area contributed by atoms with Gasteiger partial charge in [-0.3, -0.25) is 19.3 Å². The van der Waals surface area contributed by atoms with Crippen molar-refractivity contribution in [3.63, 3.8) is 0 Å². The number of nitrogens with one attached hydrogen (secondary N) is 2. The fourth-order valence-electron chi connectivity index (χ4n) is 3.53. The van der Waals surface area contributed by atoms with Crippen LogP contribution in [0, 0.1) is 13.8 Å². The average Bonchev–Trinajstić information content (AvgIpc) is 3.16. The minimum absolute atomic E-state index is 0.0101. The Balaban J connectivity index is 1.45. The van der Waals surface area contributed by atoms with Crippen molar-refractivity contribution in [2.45, 2.75) is 20.3 Å². The summed E-state index contributed by atoms with van der Waals surface area (Å²) >= 11 is 1.35. The fraction of sp³-hybridized carbons (Fsp3) is 0.409. The summed E-state index contributed by atoms with van der Waals surface area (Å²) in [4.78, 5) is 41.4. The predicted octanol–water partition coefficient (Wildman–Crippen LogP) is 2.27. The Hall–Kier alpha value is -2.71. The van der Waals surface area contributed by atoms with Crippen LogP contribution in [0.3, 0.4) is 0 Å². The van der Waals surface area contributed by atoms with Crippen LogP contribution in [0.1, 0.15) is 27.2 Å². The van der Waals surface area contributed by atoms with Gasteiger partial charge in [-0.1, -0.05) is 24.3 Å². The summed E-state index contributed by atoms with van der Waals surface area (Å²) in [5.41, 5.74) is 2.96. The van der Waals surface area contributed by atoms with Crippen molar-refractivity contribution in [3.8, 4) is 0 Å². The summed E-state index contributed by atoms with van der Waals surface area (Å²) in [6, 6.07) is 9.48. The molecule has 8 heteroatoms. The smallest absolute Gasteiger partial charge is 0.261 e. The maximum Gasteiger partial charge on any atom is 0.261 e. The van der Waals surface area contributed by atoms with E-state index >= 15 is 0 Å². The Morgan fingerprint density at radius 1 is 1.00 bits per heavy atom. The molecule has 0 spiro atoms. The van der Waals surface area contributed by atoms with Crippen LogP contribution in [0.15, 0.2) is 35.7 Å². The quantitative estimate of drug-likeness (QED) is 0.740. The predicted molar refractivity (Wildman–Crippen MR) is 119 cm³/mol. The lowest BCUT2D eigenvalue weighted by atomic mass is 10.1. The normalized spacial score (nSPS) is 14.8. The second kappa shape index (κ2) is 10.4. The van der Waals surface area contributed by atoms with Gasteiger partial charge in [-0.15, -0.1) is 11.3 Å². The van der Waals surface area contributed by atoms with Gasteiger partial charge in [0.05, 0.1) is 18.0 Å². The summed E-state index contributed by atoms with van der Waals surface area (Å²) in [7, 11) is 0. The van der Waals surface area contributed by atoms with Gasteiger partial charge in [-0.2, -0.15) is 0 Å². The van der Waals surface area contributed by atoms with Gasteiger partial charge in [-0.05, 0) is 42.8 Å². The van der Waals surface area contributed by atoms with Gasteiger partial charge in [0.25, 0.3) is 5.91 Å². The lowest BCUT2D eigenvalue weighted by Gasteiger charge is -2.22. The van der Waals surface area contributed by atoms with Crippen molar-refractivity contribution in [1.82, 2.24) is 15.1 Å². The molecular weight excluding hydrogens is 400 g/mol. The first kappa shape index (κ1) is 22.0. The second-order valence-electron chi connectivity index (χ2n) is 7.49. The molecule has 0 aliphatic carbocycles. The number of hydrogen-bond donors (Lipinski definition) is 2. The molecule has 1 saturated heterocycles. The molecule has 0 unspecified atom stereocenters. The molecule has 1 aromatic carbocycles. The highest BCUT2D eigenvalue weighted by atomic mass is 32.1. The van der Waals surface area contributed by atoms with Crippen molar-refractivity contribution < 1.29 is 14.4 Å². The van der Waals surface area contributed by atoms with E-state index in [2.05, 4.69) is 15.5 Å². The minimum atomic E-state index is -0.224. The number of carbonyl (C=O) groups is 3. The van der Waals surface area contributed by atoms with E-state index in [0.717, 1.165) is 29.8 Å². The third-order valence-corrected chi connectivity index (χ3v) is 6.07. The third-order valence-electron chi connectivity index (χ3n) is 5.20. The zero-order valence-electron chi connectivity index (χ0n) is 17.4. The number of nitrogens with zero attached hydrogens (tertiary/aromatic N) is 2. The number of anilines is 1.